The van der Waals surface area contributed by atoms with Gasteiger partial charge in [-0.3, -0.25) is 0 Å². The third-order valence-electron chi connectivity index (χ3n) is 4.85. The molecule has 150 valence electrons. The zero-order valence-electron chi connectivity index (χ0n) is 16.7. The van der Waals surface area contributed by atoms with E-state index in [0.717, 1.165) is 35.0 Å². The summed E-state index contributed by atoms with van der Waals surface area (Å²) in [4.78, 5) is 24.4. The molecule has 3 aromatic rings. The number of hydrogen-bond acceptors (Lipinski definition) is 5. The average molecular weight is 385 g/mol. The van der Waals surface area contributed by atoms with E-state index in [1.165, 1.54) is 0 Å². The van der Waals surface area contributed by atoms with Gasteiger partial charge in [0.25, 0.3) is 0 Å². The Morgan fingerprint density at radius 1 is 1.43 bits per heavy atom. The van der Waals surface area contributed by atoms with Gasteiger partial charge in [-0.15, -0.1) is 0 Å². The van der Waals surface area contributed by atoms with Crippen LogP contribution in [0.3, 0.4) is 0 Å². The third kappa shape index (κ3) is 3.37. The van der Waals surface area contributed by atoms with Crippen LogP contribution in [0, 0.1) is 0 Å². The number of fused-ring (bicyclic) bond motifs is 3. The van der Waals surface area contributed by atoms with Crippen molar-refractivity contribution >= 4 is 28.1 Å². The molecule has 1 fully saturated rings. The number of nitrogens with zero attached hydrogens (tertiary/aromatic N) is 4. The lowest BCUT2D eigenvalue weighted by Gasteiger charge is -2.25. The molecule has 0 aliphatic carbocycles. The SMILES string of the molecule is C[C@@H](O)c1nc2cnc3[nH]ccc3c2n1N1CC[C@@H](NC(=O)NC(C)(C)C)C1. The largest absolute Gasteiger partial charge is 0.385 e. The lowest BCUT2D eigenvalue weighted by molar-refractivity contribution is 0.184. The molecule has 4 N–H and O–H groups in total. The van der Waals surface area contributed by atoms with Crippen molar-refractivity contribution in [2.45, 2.75) is 51.8 Å². The van der Waals surface area contributed by atoms with E-state index in [4.69, 9.17) is 0 Å². The lowest BCUT2D eigenvalue weighted by Crippen LogP contribution is -2.50. The van der Waals surface area contributed by atoms with Crippen molar-refractivity contribution in [1.29, 1.82) is 0 Å². The number of carbonyl (C=O) groups excluding carboxylic acids is 1. The van der Waals surface area contributed by atoms with E-state index in [0.29, 0.717) is 12.4 Å². The van der Waals surface area contributed by atoms with Gasteiger partial charge in [-0.25, -0.2) is 19.4 Å². The Morgan fingerprint density at radius 2 is 2.21 bits per heavy atom. The van der Waals surface area contributed by atoms with Crippen molar-refractivity contribution < 1.29 is 9.90 Å². The number of urea groups is 1. The smallest absolute Gasteiger partial charge is 0.315 e. The number of carbonyl (C=O) groups is 1. The molecule has 28 heavy (non-hydrogen) atoms. The van der Waals surface area contributed by atoms with Gasteiger partial charge in [0.05, 0.1) is 18.8 Å². The van der Waals surface area contributed by atoms with Gasteiger partial charge in [-0.2, -0.15) is 0 Å². The van der Waals surface area contributed by atoms with Gasteiger partial charge < -0.3 is 25.7 Å². The van der Waals surface area contributed by atoms with Crippen molar-refractivity contribution in [3.8, 4) is 0 Å². The highest BCUT2D eigenvalue weighted by Crippen LogP contribution is 2.28. The number of nitrogens with one attached hydrogen (secondary N) is 3. The molecule has 1 saturated heterocycles. The fourth-order valence-corrected chi connectivity index (χ4v) is 3.73. The second-order valence-electron chi connectivity index (χ2n) is 8.44. The summed E-state index contributed by atoms with van der Waals surface area (Å²) in [6.45, 7) is 8.96. The molecule has 1 aliphatic heterocycles. The maximum atomic E-state index is 12.2. The summed E-state index contributed by atoms with van der Waals surface area (Å²) in [5, 5.41) is 19.4. The third-order valence-corrected chi connectivity index (χ3v) is 4.85. The molecule has 0 aromatic carbocycles. The van der Waals surface area contributed by atoms with Crippen LogP contribution in [0.2, 0.25) is 0 Å². The number of pyridine rings is 1. The zero-order valence-corrected chi connectivity index (χ0v) is 16.7. The van der Waals surface area contributed by atoms with Crippen molar-refractivity contribution in [3.05, 3.63) is 24.3 Å². The second-order valence-corrected chi connectivity index (χ2v) is 8.44. The predicted molar refractivity (Wildman–Crippen MR) is 108 cm³/mol. The number of amides is 2. The molecule has 4 rings (SSSR count). The van der Waals surface area contributed by atoms with E-state index in [1.54, 1.807) is 13.1 Å². The number of imidazole rings is 1. The standard InChI is InChI=1S/C19H27N7O2/c1-11(27)17-23-14-9-21-16-13(5-7-20-16)15(14)26(17)25-8-6-12(10-25)22-18(28)24-19(2,3)4/h5,7,9,11-12,27H,6,8,10H2,1-4H3,(H,20,21)(H2,22,24,28)/t11-,12-/m1/s1. The highest BCUT2D eigenvalue weighted by molar-refractivity contribution is 6.01. The average Bonchev–Trinajstić information content (AvgIpc) is 3.28. The molecule has 0 bridgehead atoms. The normalized spacial score (nSPS) is 18.8. The molecule has 1 aliphatic rings. The van der Waals surface area contributed by atoms with Gasteiger partial charge in [0.2, 0.25) is 0 Å². The summed E-state index contributed by atoms with van der Waals surface area (Å²) in [6, 6.07) is 1.82. The number of hydrogen-bond donors (Lipinski definition) is 4. The summed E-state index contributed by atoms with van der Waals surface area (Å²) in [5.41, 5.74) is 2.16. The summed E-state index contributed by atoms with van der Waals surface area (Å²) >= 11 is 0. The maximum Gasteiger partial charge on any atom is 0.315 e. The molecular weight excluding hydrogens is 358 g/mol. The Balaban J connectivity index is 1.65. The van der Waals surface area contributed by atoms with Crippen LogP contribution in [0.1, 0.15) is 46.0 Å². The monoisotopic (exact) mass is 385 g/mol. The van der Waals surface area contributed by atoms with Crippen LogP contribution in [0.4, 0.5) is 4.79 Å². The zero-order chi connectivity index (χ0) is 20.1. The number of H-pyrrole nitrogens is 1. The number of aliphatic hydroxyl groups excluding tert-OH is 1. The Hall–Kier alpha value is -2.81. The summed E-state index contributed by atoms with van der Waals surface area (Å²) in [5.74, 6) is 0.574. The number of rotatable bonds is 3. The van der Waals surface area contributed by atoms with Crippen molar-refractivity contribution in [2.24, 2.45) is 0 Å². The van der Waals surface area contributed by atoms with E-state index in [1.807, 2.05) is 37.7 Å². The summed E-state index contributed by atoms with van der Waals surface area (Å²) in [7, 11) is 0. The van der Waals surface area contributed by atoms with E-state index in [-0.39, 0.29) is 17.6 Å². The fourth-order valence-electron chi connectivity index (χ4n) is 3.73. The molecule has 4 heterocycles. The number of aliphatic hydroxyl groups is 1. The first-order valence-electron chi connectivity index (χ1n) is 9.59. The van der Waals surface area contributed by atoms with Gasteiger partial charge in [-0.1, -0.05) is 0 Å². The number of aromatic amines is 1. The van der Waals surface area contributed by atoms with Crippen LogP contribution in [0.25, 0.3) is 22.1 Å². The summed E-state index contributed by atoms with van der Waals surface area (Å²) < 4.78 is 1.99. The lowest BCUT2D eigenvalue weighted by atomic mass is 10.1. The van der Waals surface area contributed by atoms with Crippen LogP contribution in [-0.4, -0.2) is 55.4 Å². The molecule has 2 amide bonds. The van der Waals surface area contributed by atoms with Gasteiger partial charge >= 0.3 is 6.03 Å². The van der Waals surface area contributed by atoms with Crippen LogP contribution < -0.4 is 15.6 Å². The molecule has 2 atom stereocenters. The van der Waals surface area contributed by atoms with E-state index in [2.05, 4.69) is 30.6 Å². The molecular formula is C19H27N7O2. The van der Waals surface area contributed by atoms with E-state index < -0.39 is 6.10 Å². The molecule has 3 aromatic heterocycles. The Morgan fingerprint density at radius 3 is 2.93 bits per heavy atom. The van der Waals surface area contributed by atoms with Crippen LogP contribution in [-0.2, 0) is 0 Å². The Kier molecular flexibility index (Phi) is 4.41. The first-order valence-corrected chi connectivity index (χ1v) is 9.59. The molecule has 0 unspecified atom stereocenters. The van der Waals surface area contributed by atoms with Gasteiger partial charge in [-0.05, 0) is 40.2 Å². The molecule has 9 heteroatoms. The van der Waals surface area contributed by atoms with Crippen LogP contribution >= 0.6 is 0 Å². The highest BCUT2D eigenvalue weighted by atomic mass is 16.3. The maximum absolute atomic E-state index is 12.2. The Labute approximate surface area is 163 Å². The minimum atomic E-state index is -0.724. The minimum Gasteiger partial charge on any atom is -0.385 e. The van der Waals surface area contributed by atoms with Gasteiger partial charge in [0.15, 0.2) is 5.82 Å². The molecule has 9 nitrogen and oxygen atoms in total. The first kappa shape index (κ1) is 18.5. The van der Waals surface area contributed by atoms with Crippen molar-refractivity contribution in [1.82, 2.24) is 30.3 Å². The second kappa shape index (κ2) is 6.66. The first-order chi connectivity index (χ1) is 13.2. The minimum absolute atomic E-state index is 0.0187. The van der Waals surface area contributed by atoms with E-state index >= 15 is 0 Å². The van der Waals surface area contributed by atoms with Crippen LogP contribution in [0.5, 0.6) is 0 Å². The fraction of sp³-hybridized carbons (Fsp3) is 0.526. The molecule has 0 radical (unpaired) electrons. The van der Waals surface area contributed by atoms with Crippen molar-refractivity contribution in [3.63, 3.8) is 0 Å². The van der Waals surface area contributed by atoms with Crippen molar-refractivity contribution in [2.75, 3.05) is 18.1 Å². The topological polar surface area (TPSA) is 111 Å². The molecule has 0 saturated carbocycles. The summed E-state index contributed by atoms with van der Waals surface area (Å²) in [6.07, 6.45) is 3.66. The molecule has 0 spiro atoms. The quantitative estimate of drug-likeness (QED) is 0.549. The number of aromatic nitrogens is 4. The van der Waals surface area contributed by atoms with Crippen LogP contribution in [0.15, 0.2) is 18.5 Å². The Bertz CT molecular complexity index is 1010. The highest BCUT2D eigenvalue weighted by Gasteiger charge is 2.29. The van der Waals surface area contributed by atoms with E-state index in [9.17, 15) is 9.90 Å². The van der Waals surface area contributed by atoms with Gasteiger partial charge in [0, 0.05) is 23.7 Å². The predicted octanol–water partition coefficient (Wildman–Crippen LogP) is 1.77. The van der Waals surface area contributed by atoms with Gasteiger partial charge in [0.1, 0.15) is 22.8 Å².